The molecule has 0 unspecified atom stereocenters. The number of fused-ring (bicyclic) bond motifs is 1. The fourth-order valence-corrected chi connectivity index (χ4v) is 6.29. The molecule has 0 saturated carbocycles. The maximum Gasteiger partial charge on any atom is 0.261 e. The van der Waals surface area contributed by atoms with Crippen LogP contribution in [0.2, 0.25) is 0 Å². The van der Waals surface area contributed by atoms with Crippen LogP contribution < -0.4 is 10.0 Å². The first kappa shape index (κ1) is 23.3. The van der Waals surface area contributed by atoms with Crippen LogP contribution in [-0.2, 0) is 14.8 Å². The van der Waals surface area contributed by atoms with Crippen molar-refractivity contribution in [1.29, 1.82) is 0 Å². The lowest BCUT2D eigenvalue weighted by atomic mass is 10.1. The highest BCUT2D eigenvalue weighted by Crippen LogP contribution is 2.32. The predicted molar refractivity (Wildman–Crippen MR) is 137 cm³/mol. The zero-order chi connectivity index (χ0) is 23.6. The Kier molecular flexibility index (Phi) is 6.73. The molecule has 3 aromatic carbocycles. The Hall–Kier alpha value is -2.88. The van der Waals surface area contributed by atoms with E-state index in [-0.39, 0.29) is 16.6 Å². The fraction of sp³-hybridized carbons (Fsp3) is 0.167. The van der Waals surface area contributed by atoms with Crippen LogP contribution in [0.3, 0.4) is 0 Å². The van der Waals surface area contributed by atoms with Gasteiger partial charge < -0.3 is 5.32 Å². The van der Waals surface area contributed by atoms with Gasteiger partial charge in [0.1, 0.15) is 0 Å². The number of hydrogen-bond donors (Lipinski definition) is 2. The van der Waals surface area contributed by atoms with Crippen LogP contribution in [0.5, 0.6) is 0 Å². The second-order valence-electron chi connectivity index (χ2n) is 7.79. The molecule has 0 bridgehead atoms. The molecule has 0 aliphatic rings. The Morgan fingerprint density at radius 1 is 0.909 bits per heavy atom. The molecule has 0 spiro atoms. The van der Waals surface area contributed by atoms with E-state index < -0.39 is 10.0 Å². The highest BCUT2D eigenvalue weighted by Gasteiger charge is 2.15. The summed E-state index contributed by atoms with van der Waals surface area (Å²) in [6.07, 6.45) is 0. The maximum atomic E-state index is 12.7. The van der Waals surface area contributed by atoms with Gasteiger partial charge in [-0.3, -0.25) is 9.52 Å². The summed E-state index contributed by atoms with van der Waals surface area (Å²) in [5.74, 6) is 0.135. The smallest absolute Gasteiger partial charge is 0.261 e. The van der Waals surface area contributed by atoms with Crippen LogP contribution in [0.25, 0.3) is 10.2 Å². The molecule has 0 aliphatic heterocycles. The van der Waals surface area contributed by atoms with Crippen LogP contribution in [0, 0.1) is 20.8 Å². The van der Waals surface area contributed by atoms with Crippen LogP contribution >= 0.6 is 23.1 Å². The molecule has 1 heterocycles. The number of carbonyl (C=O) groups is 1. The first-order valence-corrected chi connectivity index (χ1v) is 13.5. The summed E-state index contributed by atoms with van der Waals surface area (Å²) in [6.45, 7) is 5.89. The van der Waals surface area contributed by atoms with Crippen molar-refractivity contribution in [2.24, 2.45) is 0 Å². The summed E-state index contributed by atoms with van der Waals surface area (Å²) in [7, 11) is -3.67. The largest absolute Gasteiger partial charge is 0.325 e. The number of sulfonamides is 1. The van der Waals surface area contributed by atoms with Gasteiger partial charge in [-0.25, -0.2) is 13.4 Å². The van der Waals surface area contributed by atoms with Gasteiger partial charge in [0.15, 0.2) is 4.34 Å². The number of anilines is 2. The Morgan fingerprint density at radius 2 is 1.61 bits per heavy atom. The number of amides is 1. The van der Waals surface area contributed by atoms with Gasteiger partial charge in [-0.2, -0.15) is 0 Å². The van der Waals surface area contributed by atoms with Gasteiger partial charge in [0.2, 0.25) is 5.91 Å². The van der Waals surface area contributed by atoms with E-state index in [1.807, 2.05) is 32.9 Å². The molecule has 9 heteroatoms. The molecule has 1 amide bonds. The van der Waals surface area contributed by atoms with E-state index in [4.69, 9.17) is 0 Å². The van der Waals surface area contributed by atoms with Gasteiger partial charge in [0.25, 0.3) is 10.0 Å². The van der Waals surface area contributed by atoms with Crippen molar-refractivity contribution in [3.05, 3.63) is 77.4 Å². The Bertz CT molecular complexity index is 1410. The standard InChI is InChI=1S/C24H23N3O3S3/c1-15-4-7-20(8-5-15)33(29,30)27-18-6-9-21-22(13-18)32-24(26-21)31-14-23(28)25-19-11-16(2)10-17(3)12-19/h4-13,27H,14H2,1-3H3,(H,25,28). The van der Waals surface area contributed by atoms with Crippen molar-refractivity contribution in [1.82, 2.24) is 4.98 Å². The number of aromatic nitrogens is 1. The summed E-state index contributed by atoms with van der Waals surface area (Å²) in [6, 6.07) is 17.9. The van der Waals surface area contributed by atoms with Crippen LogP contribution in [-0.4, -0.2) is 25.1 Å². The molecule has 0 aliphatic carbocycles. The molecule has 6 nitrogen and oxygen atoms in total. The lowest BCUT2D eigenvalue weighted by Crippen LogP contribution is -2.14. The Morgan fingerprint density at radius 3 is 2.30 bits per heavy atom. The van der Waals surface area contributed by atoms with Crippen molar-refractivity contribution in [3.63, 3.8) is 0 Å². The number of nitrogens with zero attached hydrogens (tertiary/aromatic N) is 1. The van der Waals surface area contributed by atoms with Gasteiger partial charge in [-0.15, -0.1) is 11.3 Å². The lowest BCUT2D eigenvalue weighted by molar-refractivity contribution is -0.113. The predicted octanol–water partition coefficient (Wildman–Crippen LogP) is 5.75. The van der Waals surface area contributed by atoms with Crippen molar-refractivity contribution in [2.45, 2.75) is 30.0 Å². The third-order valence-electron chi connectivity index (χ3n) is 4.78. The number of hydrogen-bond acceptors (Lipinski definition) is 6. The number of carbonyl (C=O) groups excluding carboxylic acids is 1. The fourth-order valence-electron chi connectivity index (χ4n) is 3.33. The molecule has 0 atom stereocenters. The van der Waals surface area contributed by atoms with Crippen molar-refractivity contribution < 1.29 is 13.2 Å². The third-order valence-corrected chi connectivity index (χ3v) is 8.34. The second-order valence-corrected chi connectivity index (χ2v) is 11.7. The van der Waals surface area contributed by atoms with Gasteiger partial charge >= 0.3 is 0 Å². The third kappa shape index (κ3) is 5.93. The molecular weight excluding hydrogens is 474 g/mol. The molecule has 4 aromatic rings. The number of thiazole rings is 1. The van der Waals surface area contributed by atoms with Crippen LogP contribution in [0.4, 0.5) is 11.4 Å². The molecule has 170 valence electrons. The topological polar surface area (TPSA) is 88.2 Å². The van der Waals surface area contributed by atoms with Gasteiger partial charge in [0.05, 0.1) is 26.6 Å². The number of aryl methyl sites for hydroxylation is 3. The normalized spacial score (nSPS) is 11.5. The van der Waals surface area contributed by atoms with Crippen LogP contribution in [0.1, 0.15) is 16.7 Å². The number of thioether (sulfide) groups is 1. The van der Waals surface area contributed by atoms with Crippen molar-refractivity contribution >= 4 is 60.6 Å². The summed E-state index contributed by atoms with van der Waals surface area (Å²) in [4.78, 5) is 17.1. The minimum Gasteiger partial charge on any atom is -0.325 e. The first-order valence-electron chi connectivity index (χ1n) is 10.2. The van der Waals surface area contributed by atoms with Gasteiger partial charge in [0, 0.05) is 5.69 Å². The van der Waals surface area contributed by atoms with Crippen molar-refractivity contribution in [3.8, 4) is 0 Å². The highest BCUT2D eigenvalue weighted by atomic mass is 32.2. The molecule has 0 saturated heterocycles. The average Bonchev–Trinajstić information content (AvgIpc) is 3.14. The quantitative estimate of drug-likeness (QED) is 0.317. The Balaban J connectivity index is 1.42. The van der Waals surface area contributed by atoms with E-state index in [0.717, 1.165) is 36.9 Å². The monoisotopic (exact) mass is 497 g/mol. The van der Waals surface area contributed by atoms with E-state index in [0.29, 0.717) is 5.69 Å². The molecule has 4 rings (SSSR count). The zero-order valence-electron chi connectivity index (χ0n) is 18.4. The second kappa shape index (κ2) is 9.54. The van der Waals surface area contributed by atoms with E-state index in [1.54, 1.807) is 42.5 Å². The molecule has 33 heavy (non-hydrogen) atoms. The minimum absolute atomic E-state index is 0.101. The van der Waals surface area contributed by atoms with Gasteiger partial charge in [-0.1, -0.05) is 35.5 Å². The Labute approximate surface area is 201 Å². The van der Waals surface area contributed by atoms with Gasteiger partial charge in [-0.05, 0) is 74.4 Å². The summed E-state index contributed by atoms with van der Waals surface area (Å²) >= 11 is 2.78. The van der Waals surface area contributed by atoms with E-state index >= 15 is 0 Å². The molecule has 0 radical (unpaired) electrons. The summed E-state index contributed by atoms with van der Waals surface area (Å²) in [5.41, 5.74) is 5.20. The van der Waals surface area contributed by atoms with E-state index in [1.165, 1.54) is 23.1 Å². The zero-order valence-corrected chi connectivity index (χ0v) is 20.8. The average molecular weight is 498 g/mol. The SMILES string of the molecule is Cc1ccc(S(=O)(=O)Nc2ccc3nc(SCC(=O)Nc4cc(C)cc(C)c4)sc3c2)cc1. The lowest BCUT2D eigenvalue weighted by Gasteiger charge is -2.08. The summed E-state index contributed by atoms with van der Waals surface area (Å²) < 4.78 is 29.5. The van der Waals surface area contributed by atoms with Crippen LogP contribution in [0.15, 0.2) is 69.9 Å². The van der Waals surface area contributed by atoms with E-state index in [2.05, 4.69) is 21.1 Å². The molecular formula is C24H23N3O3S3. The molecule has 2 N–H and O–H groups in total. The first-order chi connectivity index (χ1) is 15.7. The highest BCUT2D eigenvalue weighted by molar-refractivity contribution is 8.01. The molecule has 0 fully saturated rings. The van der Waals surface area contributed by atoms with E-state index in [9.17, 15) is 13.2 Å². The number of nitrogens with one attached hydrogen (secondary N) is 2. The maximum absolute atomic E-state index is 12.7. The summed E-state index contributed by atoms with van der Waals surface area (Å²) in [5, 5.41) is 2.92. The number of benzene rings is 3. The van der Waals surface area contributed by atoms with Crippen molar-refractivity contribution in [2.75, 3.05) is 15.8 Å². The molecule has 1 aromatic heterocycles. The number of rotatable bonds is 7. The minimum atomic E-state index is -3.67.